The molecular weight excluding hydrogens is 183 g/mol. The average molecular weight is 187 g/mol. The Balaban J connectivity index is 2.82. The van der Waals surface area contributed by atoms with Gasteiger partial charge in [0.05, 0.1) is 23.3 Å². The molecule has 0 bridgehead atoms. The van der Waals surface area contributed by atoms with Crippen LogP contribution < -0.4 is 0 Å². The molecule has 2 nitrogen and oxygen atoms in total. The summed E-state index contributed by atoms with van der Waals surface area (Å²) in [6.07, 6.45) is 2.99. The lowest BCUT2D eigenvalue weighted by molar-refractivity contribution is 1.13. The molecule has 0 aromatic carbocycles. The standard InChI is InChI=1S/C7H4Cl2N2/c8-3-1-2-7-10-4-6(9)5-11-7/h4-5H,3H2. The fourth-order valence-corrected chi connectivity index (χ4v) is 0.654. The van der Waals surface area contributed by atoms with Crippen LogP contribution in [0.4, 0.5) is 0 Å². The van der Waals surface area contributed by atoms with Gasteiger partial charge in [0.15, 0.2) is 0 Å². The molecule has 0 aliphatic heterocycles. The smallest absolute Gasteiger partial charge is 0.204 e. The van der Waals surface area contributed by atoms with E-state index in [0.717, 1.165) is 0 Å². The van der Waals surface area contributed by atoms with Crippen LogP contribution in [0.3, 0.4) is 0 Å². The van der Waals surface area contributed by atoms with Gasteiger partial charge in [-0.3, -0.25) is 0 Å². The maximum Gasteiger partial charge on any atom is 0.204 e. The van der Waals surface area contributed by atoms with Crippen molar-refractivity contribution in [2.75, 3.05) is 5.88 Å². The minimum absolute atomic E-state index is 0.284. The summed E-state index contributed by atoms with van der Waals surface area (Å²) in [4.78, 5) is 7.68. The van der Waals surface area contributed by atoms with Crippen LogP contribution >= 0.6 is 23.2 Å². The molecule has 1 aromatic rings. The van der Waals surface area contributed by atoms with E-state index in [4.69, 9.17) is 23.2 Å². The van der Waals surface area contributed by atoms with E-state index in [-0.39, 0.29) is 5.88 Å². The number of aromatic nitrogens is 2. The van der Waals surface area contributed by atoms with Gasteiger partial charge in [-0.25, -0.2) is 9.97 Å². The predicted octanol–water partition coefficient (Wildman–Crippen LogP) is 1.72. The molecule has 56 valence electrons. The number of halogens is 2. The zero-order chi connectivity index (χ0) is 8.10. The summed E-state index contributed by atoms with van der Waals surface area (Å²) in [5.74, 6) is 6.01. The summed E-state index contributed by atoms with van der Waals surface area (Å²) < 4.78 is 0. The number of alkyl halides is 1. The first-order chi connectivity index (χ1) is 5.33. The van der Waals surface area contributed by atoms with Gasteiger partial charge in [0.2, 0.25) is 5.82 Å². The summed E-state index contributed by atoms with van der Waals surface area (Å²) in [5, 5.41) is 0.501. The molecule has 1 rings (SSSR count). The van der Waals surface area contributed by atoms with Crippen LogP contribution in [0.25, 0.3) is 0 Å². The Bertz CT molecular complexity index is 284. The van der Waals surface area contributed by atoms with E-state index in [1.165, 1.54) is 12.4 Å². The molecule has 0 unspecified atom stereocenters. The van der Waals surface area contributed by atoms with Gasteiger partial charge in [-0.1, -0.05) is 17.5 Å². The first-order valence-corrected chi connectivity index (χ1v) is 3.76. The molecule has 0 aliphatic carbocycles. The average Bonchev–Trinajstić information content (AvgIpc) is 2.04. The Kier molecular flexibility index (Phi) is 3.15. The van der Waals surface area contributed by atoms with Crippen LogP contribution in [0.15, 0.2) is 12.4 Å². The third-order valence-electron chi connectivity index (χ3n) is 0.887. The highest BCUT2D eigenvalue weighted by Crippen LogP contribution is 2.01. The van der Waals surface area contributed by atoms with Gasteiger partial charge in [-0.15, -0.1) is 11.6 Å². The minimum atomic E-state index is 0.284. The van der Waals surface area contributed by atoms with Gasteiger partial charge in [-0.2, -0.15) is 0 Å². The third-order valence-corrected chi connectivity index (χ3v) is 1.22. The molecule has 0 radical (unpaired) electrons. The van der Waals surface area contributed by atoms with Crippen molar-refractivity contribution in [2.24, 2.45) is 0 Å². The second kappa shape index (κ2) is 4.17. The van der Waals surface area contributed by atoms with Gasteiger partial charge >= 0.3 is 0 Å². The lowest BCUT2D eigenvalue weighted by Crippen LogP contribution is -1.85. The highest BCUT2D eigenvalue weighted by atomic mass is 35.5. The molecule has 0 amide bonds. The Morgan fingerprint density at radius 1 is 1.36 bits per heavy atom. The van der Waals surface area contributed by atoms with Crippen LogP contribution in [0.1, 0.15) is 5.82 Å². The van der Waals surface area contributed by atoms with Crippen molar-refractivity contribution in [3.8, 4) is 11.8 Å². The quantitative estimate of drug-likeness (QED) is 0.456. The Morgan fingerprint density at radius 2 is 2.00 bits per heavy atom. The Hall–Kier alpha value is -0.780. The molecule has 0 spiro atoms. The Labute approximate surface area is 74.6 Å². The summed E-state index contributed by atoms with van der Waals surface area (Å²) in [6, 6.07) is 0. The molecule has 1 heterocycles. The van der Waals surface area contributed by atoms with E-state index >= 15 is 0 Å². The molecule has 11 heavy (non-hydrogen) atoms. The first kappa shape index (κ1) is 8.32. The fourth-order valence-electron chi connectivity index (χ4n) is 0.489. The number of nitrogens with zero attached hydrogens (tertiary/aromatic N) is 2. The van der Waals surface area contributed by atoms with E-state index in [9.17, 15) is 0 Å². The topological polar surface area (TPSA) is 25.8 Å². The van der Waals surface area contributed by atoms with Gasteiger partial charge in [-0.05, 0) is 5.92 Å². The normalized spacial score (nSPS) is 8.55. The third kappa shape index (κ3) is 2.75. The number of hydrogen-bond donors (Lipinski definition) is 0. The zero-order valence-corrected chi connectivity index (χ0v) is 7.02. The molecule has 0 atom stereocenters. The van der Waals surface area contributed by atoms with Crippen molar-refractivity contribution in [3.63, 3.8) is 0 Å². The van der Waals surface area contributed by atoms with Gasteiger partial charge in [0.25, 0.3) is 0 Å². The molecule has 0 fully saturated rings. The maximum atomic E-state index is 5.55. The van der Waals surface area contributed by atoms with E-state index in [1.54, 1.807) is 0 Å². The molecule has 0 aliphatic rings. The molecule has 4 heteroatoms. The summed E-state index contributed by atoms with van der Waals surface area (Å²) in [6.45, 7) is 0. The highest BCUT2D eigenvalue weighted by Gasteiger charge is 1.88. The van der Waals surface area contributed by atoms with Crippen LogP contribution in [0.2, 0.25) is 5.02 Å². The van der Waals surface area contributed by atoms with E-state index in [0.29, 0.717) is 10.8 Å². The fraction of sp³-hybridized carbons (Fsp3) is 0.143. The summed E-state index contributed by atoms with van der Waals surface area (Å²) >= 11 is 10.9. The maximum absolute atomic E-state index is 5.55. The largest absolute Gasteiger partial charge is 0.228 e. The van der Waals surface area contributed by atoms with Crippen molar-refractivity contribution in [3.05, 3.63) is 23.2 Å². The first-order valence-electron chi connectivity index (χ1n) is 2.85. The second-order valence-electron chi connectivity index (χ2n) is 1.66. The monoisotopic (exact) mass is 186 g/mol. The van der Waals surface area contributed by atoms with Crippen LogP contribution in [-0.2, 0) is 0 Å². The van der Waals surface area contributed by atoms with Crippen molar-refractivity contribution < 1.29 is 0 Å². The van der Waals surface area contributed by atoms with E-state index < -0.39 is 0 Å². The van der Waals surface area contributed by atoms with Crippen molar-refractivity contribution in [1.29, 1.82) is 0 Å². The predicted molar refractivity (Wildman–Crippen MR) is 44.6 cm³/mol. The van der Waals surface area contributed by atoms with E-state index in [2.05, 4.69) is 21.8 Å². The molecule has 0 N–H and O–H groups in total. The van der Waals surface area contributed by atoms with Crippen LogP contribution in [0.5, 0.6) is 0 Å². The molecule has 1 aromatic heterocycles. The lowest BCUT2D eigenvalue weighted by atomic mass is 10.5. The summed E-state index contributed by atoms with van der Waals surface area (Å²) in [7, 11) is 0. The molecular formula is C7H4Cl2N2. The Morgan fingerprint density at radius 3 is 2.55 bits per heavy atom. The molecule has 0 saturated carbocycles. The zero-order valence-electron chi connectivity index (χ0n) is 5.51. The number of rotatable bonds is 0. The minimum Gasteiger partial charge on any atom is -0.228 e. The van der Waals surface area contributed by atoms with Crippen LogP contribution in [0, 0.1) is 11.8 Å². The van der Waals surface area contributed by atoms with Crippen molar-refractivity contribution in [2.45, 2.75) is 0 Å². The lowest BCUT2D eigenvalue weighted by Gasteiger charge is -1.87. The van der Waals surface area contributed by atoms with Crippen molar-refractivity contribution >= 4 is 23.2 Å². The highest BCUT2D eigenvalue weighted by molar-refractivity contribution is 6.30. The van der Waals surface area contributed by atoms with Crippen molar-refractivity contribution in [1.82, 2.24) is 9.97 Å². The number of hydrogen-bond acceptors (Lipinski definition) is 2. The van der Waals surface area contributed by atoms with E-state index in [1.807, 2.05) is 0 Å². The van der Waals surface area contributed by atoms with Gasteiger partial charge in [0, 0.05) is 0 Å². The molecule has 0 saturated heterocycles. The van der Waals surface area contributed by atoms with Gasteiger partial charge < -0.3 is 0 Å². The summed E-state index contributed by atoms with van der Waals surface area (Å²) in [5.41, 5.74) is 0. The second-order valence-corrected chi connectivity index (χ2v) is 2.36. The van der Waals surface area contributed by atoms with Gasteiger partial charge in [0.1, 0.15) is 0 Å². The SMILES string of the molecule is ClCC#Cc1ncc(Cl)cn1. The van der Waals surface area contributed by atoms with Crippen LogP contribution in [-0.4, -0.2) is 15.8 Å².